The number of hydrogen-bond acceptors (Lipinski definition) is 7. The van der Waals surface area contributed by atoms with Crippen molar-refractivity contribution in [1.82, 2.24) is 25.8 Å². The Morgan fingerprint density at radius 3 is 2.79 bits per heavy atom. The molecule has 3 rings (SSSR count). The van der Waals surface area contributed by atoms with Gasteiger partial charge in [0.1, 0.15) is 0 Å². The number of aromatic nitrogens is 3. The highest BCUT2D eigenvalue weighted by atomic mass is 32.2. The predicted octanol–water partition coefficient (Wildman–Crippen LogP) is 2.71. The predicted molar refractivity (Wildman–Crippen MR) is 95.1 cm³/mol. The average molecular weight is 379 g/mol. The first-order chi connectivity index (χ1) is 11.7. The van der Waals surface area contributed by atoms with Crippen molar-refractivity contribution in [3.8, 4) is 10.7 Å². The Balaban J connectivity index is 1.41. The minimum absolute atomic E-state index is 0.0636. The third kappa shape index (κ3) is 4.66. The molecule has 7 nitrogen and oxygen atoms in total. The van der Waals surface area contributed by atoms with Crippen LogP contribution >= 0.6 is 34.4 Å². The highest BCUT2D eigenvalue weighted by Gasteiger charge is 2.11. The number of rotatable bonds is 6. The maximum absolute atomic E-state index is 11.8. The van der Waals surface area contributed by atoms with Gasteiger partial charge in [0.2, 0.25) is 11.1 Å². The normalized spacial score (nSPS) is 10.5. The van der Waals surface area contributed by atoms with Crippen molar-refractivity contribution in [3.63, 3.8) is 0 Å². The van der Waals surface area contributed by atoms with Crippen LogP contribution in [0.25, 0.3) is 10.7 Å². The molecule has 0 spiro atoms. The van der Waals surface area contributed by atoms with Crippen molar-refractivity contribution in [2.45, 2.75) is 11.7 Å². The number of imide groups is 1. The molecule has 0 aliphatic carbocycles. The molecule has 0 atom stereocenters. The molecule has 0 fully saturated rings. The molecule has 0 saturated heterocycles. The lowest BCUT2D eigenvalue weighted by atomic mass is 10.4. The fraction of sp³-hybridized carbons (Fsp3) is 0.143. The molecule has 3 N–H and O–H groups in total. The van der Waals surface area contributed by atoms with Crippen molar-refractivity contribution in [2.75, 3.05) is 5.75 Å². The number of urea groups is 1. The summed E-state index contributed by atoms with van der Waals surface area (Å²) in [6.45, 7) is 0.398. The van der Waals surface area contributed by atoms with Gasteiger partial charge in [-0.15, -0.1) is 27.8 Å². The van der Waals surface area contributed by atoms with E-state index in [1.807, 2.05) is 35.0 Å². The molecular formula is C14H13N5O2S3. The molecule has 3 amide bonds. The highest BCUT2D eigenvalue weighted by Crippen LogP contribution is 2.22. The first-order valence-corrected chi connectivity index (χ1v) is 9.64. The van der Waals surface area contributed by atoms with Crippen molar-refractivity contribution in [2.24, 2.45) is 0 Å². The molecule has 0 saturated carbocycles. The van der Waals surface area contributed by atoms with Gasteiger partial charge in [-0.1, -0.05) is 23.9 Å². The second-order valence-corrected chi connectivity index (χ2v) is 7.47. The number of H-pyrrole nitrogens is 1. The van der Waals surface area contributed by atoms with E-state index in [1.165, 1.54) is 11.8 Å². The second-order valence-electron chi connectivity index (χ2n) is 4.54. The van der Waals surface area contributed by atoms with Crippen molar-refractivity contribution in [1.29, 1.82) is 0 Å². The summed E-state index contributed by atoms with van der Waals surface area (Å²) in [4.78, 5) is 29.7. The number of hydrogen-bond donors (Lipinski definition) is 3. The molecular weight excluding hydrogens is 366 g/mol. The third-order valence-electron chi connectivity index (χ3n) is 2.81. The summed E-state index contributed by atoms with van der Waals surface area (Å²) < 4.78 is 0. The van der Waals surface area contributed by atoms with Crippen LogP contribution in [0.15, 0.2) is 40.2 Å². The SMILES string of the molecule is O=C(CSc1n[nH]c(-c2cccs2)n1)NC(=O)NCc1cccs1. The number of amides is 3. The zero-order valence-electron chi connectivity index (χ0n) is 12.3. The van der Waals surface area contributed by atoms with E-state index in [0.717, 1.165) is 9.75 Å². The molecule has 0 unspecified atom stereocenters. The zero-order chi connectivity index (χ0) is 16.8. The van der Waals surface area contributed by atoms with Crippen molar-refractivity contribution < 1.29 is 9.59 Å². The fourth-order valence-electron chi connectivity index (χ4n) is 1.75. The molecule has 10 heteroatoms. The van der Waals surface area contributed by atoms with Crippen LogP contribution in [-0.2, 0) is 11.3 Å². The van der Waals surface area contributed by atoms with Crippen LogP contribution in [0.2, 0.25) is 0 Å². The summed E-state index contributed by atoms with van der Waals surface area (Å²) in [6, 6.07) is 7.17. The van der Waals surface area contributed by atoms with Gasteiger partial charge in [-0.2, -0.15) is 0 Å². The summed E-state index contributed by atoms with van der Waals surface area (Å²) in [5, 5.41) is 16.1. The summed E-state index contributed by atoms with van der Waals surface area (Å²) in [5.74, 6) is 0.335. The lowest BCUT2D eigenvalue weighted by molar-refractivity contribution is -0.117. The van der Waals surface area contributed by atoms with E-state index in [9.17, 15) is 9.59 Å². The van der Waals surface area contributed by atoms with E-state index in [2.05, 4.69) is 25.8 Å². The first-order valence-electron chi connectivity index (χ1n) is 6.90. The summed E-state index contributed by atoms with van der Waals surface area (Å²) in [7, 11) is 0. The number of carbonyl (C=O) groups excluding carboxylic acids is 2. The Kier molecular flexibility index (Phi) is 5.62. The standard InChI is InChI=1S/C14H13N5O2S3/c20-11(16-13(21)15-7-9-3-1-5-22-9)8-24-14-17-12(18-19-14)10-4-2-6-23-10/h1-6H,7-8H2,(H,17,18,19)(H2,15,16,20,21). The van der Waals surface area contributed by atoms with Gasteiger partial charge in [0.05, 0.1) is 17.2 Å². The molecule has 3 aromatic rings. The van der Waals surface area contributed by atoms with Gasteiger partial charge < -0.3 is 5.32 Å². The minimum atomic E-state index is -0.511. The molecule has 124 valence electrons. The van der Waals surface area contributed by atoms with Gasteiger partial charge in [0, 0.05) is 4.88 Å². The minimum Gasteiger partial charge on any atom is -0.333 e. The maximum atomic E-state index is 11.8. The van der Waals surface area contributed by atoms with Crippen LogP contribution in [0.3, 0.4) is 0 Å². The van der Waals surface area contributed by atoms with E-state index in [-0.39, 0.29) is 5.75 Å². The smallest absolute Gasteiger partial charge is 0.321 e. The molecule has 3 aromatic heterocycles. The number of thioether (sulfide) groups is 1. The van der Waals surface area contributed by atoms with Gasteiger partial charge in [0.25, 0.3) is 0 Å². The fourth-order valence-corrected chi connectivity index (χ4v) is 3.66. The average Bonchev–Trinajstić information content (AvgIpc) is 3.33. The molecule has 3 heterocycles. The quantitative estimate of drug-likeness (QED) is 0.572. The van der Waals surface area contributed by atoms with E-state index >= 15 is 0 Å². The molecule has 0 aliphatic rings. The monoisotopic (exact) mass is 379 g/mol. The Bertz CT molecular complexity index is 798. The van der Waals surface area contributed by atoms with E-state index in [1.54, 1.807) is 22.7 Å². The lowest BCUT2D eigenvalue weighted by Crippen LogP contribution is -2.39. The Morgan fingerprint density at radius 2 is 2.04 bits per heavy atom. The lowest BCUT2D eigenvalue weighted by Gasteiger charge is -2.04. The van der Waals surface area contributed by atoms with Gasteiger partial charge in [-0.05, 0) is 22.9 Å². The second kappa shape index (κ2) is 8.08. The molecule has 0 bridgehead atoms. The number of carbonyl (C=O) groups is 2. The van der Waals surface area contributed by atoms with Crippen LogP contribution in [0.1, 0.15) is 4.88 Å². The van der Waals surface area contributed by atoms with Crippen LogP contribution in [0, 0.1) is 0 Å². The van der Waals surface area contributed by atoms with E-state index in [0.29, 0.717) is 17.5 Å². The molecule has 0 aliphatic heterocycles. The topological polar surface area (TPSA) is 99.8 Å². The number of nitrogens with zero attached hydrogens (tertiary/aromatic N) is 2. The number of aromatic amines is 1. The summed E-state index contributed by atoms with van der Waals surface area (Å²) >= 11 is 4.26. The van der Waals surface area contributed by atoms with Gasteiger partial charge >= 0.3 is 6.03 Å². The molecule has 0 radical (unpaired) electrons. The van der Waals surface area contributed by atoms with E-state index in [4.69, 9.17) is 0 Å². The molecule has 24 heavy (non-hydrogen) atoms. The number of nitrogens with one attached hydrogen (secondary N) is 3. The van der Waals surface area contributed by atoms with Crippen molar-refractivity contribution >= 4 is 46.4 Å². The molecule has 0 aromatic carbocycles. The van der Waals surface area contributed by atoms with Crippen LogP contribution < -0.4 is 10.6 Å². The van der Waals surface area contributed by atoms with Crippen LogP contribution in [0.5, 0.6) is 0 Å². The largest absolute Gasteiger partial charge is 0.333 e. The first kappa shape index (κ1) is 16.7. The zero-order valence-corrected chi connectivity index (χ0v) is 14.8. The van der Waals surface area contributed by atoms with E-state index < -0.39 is 11.9 Å². The summed E-state index contributed by atoms with van der Waals surface area (Å²) in [6.07, 6.45) is 0. The van der Waals surface area contributed by atoms with Crippen LogP contribution in [0.4, 0.5) is 4.79 Å². The highest BCUT2D eigenvalue weighted by molar-refractivity contribution is 7.99. The van der Waals surface area contributed by atoms with Crippen molar-refractivity contribution in [3.05, 3.63) is 39.9 Å². The van der Waals surface area contributed by atoms with Crippen LogP contribution in [-0.4, -0.2) is 32.9 Å². The Labute approximate surface area is 149 Å². The third-order valence-corrected chi connectivity index (χ3v) is 5.41. The van der Waals surface area contributed by atoms with Gasteiger partial charge in [0.15, 0.2) is 5.82 Å². The Hall–Kier alpha value is -2.17. The maximum Gasteiger partial charge on any atom is 0.321 e. The van der Waals surface area contributed by atoms with Gasteiger partial charge in [-0.3, -0.25) is 15.2 Å². The van der Waals surface area contributed by atoms with Gasteiger partial charge in [-0.25, -0.2) is 9.78 Å². The summed E-state index contributed by atoms with van der Waals surface area (Å²) in [5.41, 5.74) is 0. The Morgan fingerprint density at radius 1 is 1.21 bits per heavy atom. The number of thiophene rings is 2.